The zero-order chi connectivity index (χ0) is 19.7. The van der Waals surface area contributed by atoms with E-state index >= 15 is 0 Å². The van der Waals surface area contributed by atoms with Gasteiger partial charge in [-0.2, -0.15) is 0 Å². The molecule has 1 atom stereocenters. The van der Waals surface area contributed by atoms with Gasteiger partial charge in [0.05, 0.1) is 11.0 Å². The lowest BCUT2D eigenvalue weighted by Gasteiger charge is -2.20. The molecule has 0 aliphatic carbocycles. The predicted molar refractivity (Wildman–Crippen MR) is 107 cm³/mol. The number of likely N-dealkylation sites (tertiary alicyclic amines) is 1. The predicted octanol–water partition coefficient (Wildman–Crippen LogP) is 2.56. The van der Waals surface area contributed by atoms with Crippen LogP contribution in [-0.4, -0.2) is 33.7 Å². The van der Waals surface area contributed by atoms with Gasteiger partial charge >= 0.3 is 0 Å². The number of hydrogen-bond donors (Lipinski definition) is 3. The van der Waals surface area contributed by atoms with Crippen molar-refractivity contribution in [1.29, 1.82) is 0 Å². The largest absolute Gasteiger partial charge is 0.438 e. The van der Waals surface area contributed by atoms with Crippen LogP contribution >= 0.6 is 0 Å². The van der Waals surface area contributed by atoms with E-state index in [2.05, 4.69) is 16.9 Å². The zero-order valence-electron chi connectivity index (χ0n) is 15.7. The molecule has 144 valence electrons. The first-order valence-electron chi connectivity index (χ1n) is 9.29. The first kappa shape index (κ1) is 17.9. The molecule has 7 nitrogen and oxygen atoms in total. The number of imidazole rings is 1. The number of para-hydroxylation sites is 2. The maximum Gasteiger partial charge on any atom is 0.231 e. The first-order chi connectivity index (χ1) is 13.5. The third kappa shape index (κ3) is 3.51. The molecule has 2 heterocycles. The topological polar surface area (TPSA) is 110 Å². The number of carbonyl (C=O) groups excluding carboxylic acids is 1. The summed E-state index contributed by atoms with van der Waals surface area (Å²) in [6.45, 7) is 3.94. The number of hydrogen-bond acceptors (Lipinski definition) is 6. The maximum absolute atomic E-state index is 12.7. The van der Waals surface area contributed by atoms with Gasteiger partial charge in [0.25, 0.3) is 0 Å². The van der Waals surface area contributed by atoms with Gasteiger partial charge in [-0.25, -0.2) is 4.98 Å². The van der Waals surface area contributed by atoms with Crippen molar-refractivity contribution < 1.29 is 9.53 Å². The van der Waals surface area contributed by atoms with E-state index in [9.17, 15) is 4.79 Å². The number of benzene rings is 2. The number of ketones is 1. The lowest BCUT2D eigenvalue weighted by molar-refractivity contribution is 0.103. The summed E-state index contributed by atoms with van der Waals surface area (Å²) in [6.07, 6.45) is 1.09. The number of aromatic amines is 1. The molecule has 5 N–H and O–H groups in total. The third-order valence-corrected chi connectivity index (χ3v) is 4.97. The van der Waals surface area contributed by atoms with Gasteiger partial charge < -0.3 is 26.1 Å². The smallest absolute Gasteiger partial charge is 0.231 e. The van der Waals surface area contributed by atoms with Crippen LogP contribution in [-0.2, 0) is 0 Å². The van der Waals surface area contributed by atoms with Gasteiger partial charge in [0.2, 0.25) is 11.7 Å². The van der Waals surface area contributed by atoms with Crippen molar-refractivity contribution in [2.75, 3.05) is 13.1 Å². The highest BCUT2D eigenvalue weighted by Crippen LogP contribution is 2.21. The molecule has 4 rings (SSSR count). The van der Waals surface area contributed by atoms with Gasteiger partial charge in [-0.1, -0.05) is 19.1 Å². The Balaban J connectivity index is 1.48. The number of nitrogens with zero attached hydrogens (tertiary/aromatic N) is 2. The zero-order valence-corrected chi connectivity index (χ0v) is 15.7. The number of rotatable bonds is 5. The monoisotopic (exact) mass is 377 g/mol. The Kier molecular flexibility index (Phi) is 4.65. The molecule has 0 radical (unpaired) electrons. The van der Waals surface area contributed by atoms with Gasteiger partial charge in [0.1, 0.15) is 5.75 Å². The van der Waals surface area contributed by atoms with E-state index in [0.717, 1.165) is 30.5 Å². The highest BCUT2D eigenvalue weighted by atomic mass is 16.5. The molecule has 0 unspecified atom stereocenters. The van der Waals surface area contributed by atoms with E-state index in [1.54, 1.807) is 24.3 Å². The summed E-state index contributed by atoms with van der Waals surface area (Å²) < 4.78 is 5.67. The van der Waals surface area contributed by atoms with Crippen LogP contribution in [0.3, 0.4) is 0 Å². The van der Waals surface area contributed by atoms with Gasteiger partial charge in [-0.05, 0) is 48.7 Å². The Bertz CT molecular complexity index is 1010. The molecule has 7 heteroatoms. The van der Waals surface area contributed by atoms with E-state index in [1.165, 1.54) is 0 Å². The first-order valence-corrected chi connectivity index (χ1v) is 9.29. The number of H-pyrrole nitrogens is 1. The summed E-state index contributed by atoms with van der Waals surface area (Å²) in [6, 6.07) is 14.3. The molecule has 1 aromatic heterocycles. The minimum absolute atomic E-state index is 0.172. The molecule has 1 aliphatic rings. The number of fused-ring (bicyclic) bond motifs is 1. The highest BCUT2D eigenvalue weighted by molar-refractivity contribution is 6.08. The van der Waals surface area contributed by atoms with Crippen molar-refractivity contribution in [2.45, 2.75) is 13.3 Å². The minimum atomic E-state index is -0.183. The second-order valence-electron chi connectivity index (χ2n) is 7.15. The number of ether oxygens (including phenoxy) is 1. The van der Waals surface area contributed by atoms with Crippen molar-refractivity contribution in [1.82, 2.24) is 14.9 Å². The summed E-state index contributed by atoms with van der Waals surface area (Å²) in [7, 11) is 0. The molecule has 0 spiro atoms. The van der Waals surface area contributed by atoms with Crippen LogP contribution < -0.4 is 16.2 Å². The van der Waals surface area contributed by atoms with Gasteiger partial charge in [-0.3, -0.25) is 4.79 Å². The lowest BCUT2D eigenvalue weighted by Crippen LogP contribution is -2.30. The quantitative estimate of drug-likeness (QED) is 0.466. The molecule has 0 bridgehead atoms. The number of nitrogens with two attached hydrogens (primary N) is 2. The molecule has 1 aliphatic heterocycles. The molecular formula is C21H23N5O2. The van der Waals surface area contributed by atoms with Crippen LogP contribution in [0.5, 0.6) is 5.75 Å². The summed E-state index contributed by atoms with van der Waals surface area (Å²) in [5.41, 5.74) is 14.2. The van der Waals surface area contributed by atoms with Crippen LogP contribution in [0.25, 0.3) is 11.0 Å². The van der Waals surface area contributed by atoms with Crippen molar-refractivity contribution in [3.05, 3.63) is 71.6 Å². The summed E-state index contributed by atoms with van der Waals surface area (Å²) in [4.78, 5) is 22.1. The van der Waals surface area contributed by atoms with Crippen molar-refractivity contribution in [3.63, 3.8) is 0 Å². The van der Waals surface area contributed by atoms with Crippen LogP contribution in [0, 0.1) is 5.92 Å². The number of nitrogens with one attached hydrogen (secondary N) is 1. The Labute approximate surface area is 163 Å². The Hall–Kier alpha value is -3.48. The van der Waals surface area contributed by atoms with Crippen molar-refractivity contribution in [3.8, 4) is 5.75 Å². The van der Waals surface area contributed by atoms with Crippen molar-refractivity contribution >= 4 is 16.8 Å². The van der Waals surface area contributed by atoms with Crippen LogP contribution in [0.15, 0.2) is 60.2 Å². The summed E-state index contributed by atoms with van der Waals surface area (Å²) in [5.74, 6) is 1.86. The van der Waals surface area contributed by atoms with E-state index in [4.69, 9.17) is 16.2 Å². The van der Waals surface area contributed by atoms with E-state index in [0.29, 0.717) is 28.9 Å². The SMILES string of the molecule is C[C@H]1CCN(/C(N)=C(/N)Oc2ccc(C(=O)c3nc4ccccc4[nH]3)cc2)C1. The van der Waals surface area contributed by atoms with E-state index in [1.807, 2.05) is 29.2 Å². The average Bonchev–Trinajstić information content (AvgIpc) is 3.33. The van der Waals surface area contributed by atoms with E-state index in [-0.39, 0.29) is 11.7 Å². The lowest BCUT2D eigenvalue weighted by atomic mass is 10.1. The van der Waals surface area contributed by atoms with Gasteiger partial charge in [0.15, 0.2) is 11.6 Å². The highest BCUT2D eigenvalue weighted by Gasteiger charge is 2.21. The summed E-state index contributed by atoms with van der Waals surface area (Å²) >= 11 is 0. The van der Waals surface area contributed by atoms with E-state index < -0.39 is 0 Å². The number of aromatic nitrogens is 2. The van der Waals surface area contributed by atoms with Crippen LogP contribution in [0.2, 0.25) is 0 Å². The average molecular weight is 377 g/mol. The fourth-order valence-electron chi connectivity index (χ4n) is 3.36. The second kappa shape index (κ2) is 7.26. The van der Waals surface area contributed by atoms with Crippen LogP contribution in [0.1, 0.15) is 29.5 Å². The fraction of sp³-hybridized carbons (Fsp3) is 0.238. The second-order valence-corrected chi connectivity index (χ2v) is 7.15. The molecule has 2 aromatic carbocycles. The molecule has 0 amide bonds. The van der Waals surface area contributed by atoms with Crippen LogP contribution in [0.4, 0.5) is 0 Å². The number of carbonyl (C=O) groups is 1. The molecular weight excluding hydrogens is 354 g/mol. The van der Waals surface area contributed by atoms with Gasteiger partial charge in [-0.15, -0.1) is 0 Å². The molecule has 0 saturated carbocycles. The Morgan fingerprint density at radius 3 is 2.61 bits per heavy atom. The Morgan fingerprint density at radius 2 is 1.93 bits per heavy atom. The maximum atomic E-state index is 12.7. The van der Waals surface area contributed by atoms with Crippen molar-refractivity contribution in [2.24, 2.45) is 17.4 Å². The third-order valence-electron chi connectivity index (χ3n) is 4.97. The molecule has 28 heavy (non-hydrogen) atoms. The summed E-state index contributed by atoms with van der Waals surface area (Å²) in [5, 5.41) is 0. The molecule has 3 aromatic rings. The fourth-order valence-corrected chi connectivity index (χ4v) is 3.36. The van der Waals surface area contributed by atoms with Gasteiger partial charge in [0, 0.05) is 18.7 Å². The minimum Gasteiger partial charge on any atom is -0.438 e. The normalized spacial score (nSPS) is 17.6. The Morgan fingerprint density at radius 1 is 1.18 bits per heavy atom. The standard InChI is InChI=1S/C21H23N5O2/c1-13-10-11-26(12-13)19(22)20(23)28-15-8-6-14(7-9-15)18(27)21-24-16-4-2-3-5-17(16)25-21/h2-9,13H,10-12,22-23H2,1H3,(H,24,25)/b20-19-/t13-/m0/s1. The molecule has 1 saturated heterocycles. The molecule has 1 fully saturated rings.